The lowest BCUT2D eigenvalue weighted by molar-refractivity contribution is -0.137. The van der Waals surface area contributed by atoms with Crippen molar-refractivity contribution in [3.63, 3.8) is 0 Å². The summed E-state index contributed by atoms with van der Waals surface area (Å²) in [5, 5.41) is 8.85. The molecule has 1 heterocycles. The maximum atomic E-state index is 14.0. The van der Waals surface area contributed by atoms with E-state index in [2.05, 4.69) is 0 Å². The molecule has 1 aromatic rings. The predicted octanol–water partition coefficient (Wildman–Crippen LogP) is 2.24. The summed E-state index contributed by atoms with van der Waals surface area (Å²) in [6.45, 7) is 4.64. The number of amides is 2. The molecule has 0 spiro atoms. The highest BCUT2D eigenvalue weighted by atomic mass is 19.1. The first-order valence-corrected chi connectivity index (χ1v) is 8.31. The summed E-state index contributed by atoms with van der Waals surface area (Å²) in [7, 11) is 1.77. The number of hydrogen-bond donors (Lipinski definition) is 1. The van der Waals surface area contributed by atoms with Crippen LogP contribution in [0.4, 0.5) is 4.39 Å². The fourth-order valence-electron chi connectivity index (χ4n) is 2.86. The fourth-order valence-corrected chi connectivity index (χ4v) is 2.86. The van der Waals surface area contributed by atoms with E-state index in [1.807, 2.05) is 13.8 Å². The minimum absolute atomic E-state index is 0.0686. The van der Waals surface area contributed by atoms with Crippen molar-refractivity contribution in [3.8, 4) is 0 Å². The maximum Gasteiger partial charge on any atom is 0.335 e. The molecule has 1 saturated heterocycles. The first kappa shape index (κ1) is 18.9. The smallest absolute Gasteiger partial charge is 0.335 e. The molecule has 0 bridgehead atoms. The van der Waals surface area contributed by atoms with Crippen LogP contribution < -0.4 is 0 Å². The SMILES string of the molecule is CC(C)N(C)C(=O)C1CCN(C(=O)c2ccc(C(=O)O)cc2F)CC1. The van der Waals surface area contributed by atoms with Gasteiger partial charge in [0.1, 0.15) is 5.82 Å². The Morgan fingerprint density at radius 2 is 1.84 bits per heavy atom. The molecular weight excluding hydrogens is 327 g/mol. The topological polar surface area (TPSA) is 77.9 Å². The summed E-state index contributed by atoms with van der Waals surface area (Å²) in [4.78, 5) is 38.9. The largest absolute Gasteiger partial charge is 0.478 e. The monoisotopic (exact) mass is 350 g/mol. The lowest BCUT2D eigenvalue weighted by atomic mass is 9.94. The molecule has 2 amide bonds. The Kier molecular flexibility index (Phi) is 5.77. The van der Waals surface area contributed by atoms with Crippen molar-refractivity contribution in [1.29, 1.82) is 0 Å². The zero-order chi connectivity index (χ0) is 18.7. The zero-order valence-corrected chi connectivity index (χ0v) is 14.7. The van der Waals surface area contributed by atoms with E-state index in [4.69, 9.17) is 5.11 Å². The molecule has 2 rings (SSSR count). The highest BCUT2D eigenvalue weighted by molar-refractivity contribution is 5.96. The third-order valence-electron chi connectivity index (χ3n) is 4.70. The Hall–Kier alpha value is -2.44. The minimum Gasteiger partial charge on any atom is -0.478 e. The van der Waals surface area contributed by atoms with Gasteiger partial charge >= 0.3 is 5.97 Å². The Morgan fingerprint density at radius 3 is 2.32 bits per heavy atom. The molecular formula is C18H23FN2O4. The number of aromatic carboxylic acids is 1. The summed E-state index contributed by atoms with van der Waals surface area (Å²) < 4.78 is 14.0. The van der Waals surface area contributed by atoms with Gasteiger partial charge in [0, 0.05) is 32.1 Å². The average Bonchev–Trinajstić information content (AvgIpc) is 2.59. The van der Waals surface area contributed by atoms with E-state index in [-0.39, 0.29) is 29.0 Å². The van der Waals surface area contributed by atoms with Crippen molar-refractivity contribution >= 4 is 17.8 Å². The predicted molar refractivity (Wildman–Crippen MR) is 89.9 cm³/mol. The summed E-state index contributed by atoms with van der Waals surface area (Å²) in [5.74, 6) is -2.62. The number of carbonyl (C=O) groups is 3. The Bertz CT molecular complexity index is 682. The van der Waals surface area contributed by atoms with Gasteiger partial charge in [0.15, 0.2) is 0 Å². The van der Waals surface area contributed by atoms with Crippen molar-refractivity contribution in [2.24, 2.45) is 5.92 Å². The van der Waals surface area contributed by atoms with E-state index in [0.717, 1.165) is 6.07 Å². The number of halogens is 1. The van der Waals surface area contributed by atoms with Gasteiger partial charge in [-0.15, -0.1) is 0 Å². The molecule has 1 fully saturated rings. The molecule has 0 unspecified atom stereocenters. The van der Waals surface area contributed by atoms with Gasteiger partial charge in [0.25, 0.3) is 5.91 Å². The molecule has 0 atom stereocenters. The standard InChI is InChI=1S/C18H23FN2O4/c1-11(2)20(3)16(22)12-6-8-21(9-7-12)17(23)14-5-4-13(18(24)25)10-15(14)19/h4-5,10-12H,6-9H2,1-3H3,(H,24,25). The second-order valence-electron chi connectivity index (χ2n) is 6.61. The molecule has 1 N–H and O–H groups in total. The van der Waals surface area contributed by atoms with E-state index >= 15 is 0 Å². The lowest BCUT2D eigenvalue weighted by Crippen LogP contribution is -2.45. The second-order valence-corrected chi connectivity index (χ2v) is 6.61. The molecule has 25 heavy (non-hydrogen) atoms. The van der Waals surface area contributed by atoms with Crippen molar-refractivity contribution in [2.75, 3.05) is 20.1 Å². The Balaban J connectivity index is 2.02. The van der Waals surface area contributed by atoms with Crippen LogP contribution >= 0.6 is 0 Å². The van der Waals surface area contributed by atoms with Gasteiger partial charge in [0.2, 0.25) is 5.91 Å². The first-order chi connectivity index (χ1) is 11.7. The van der Waals surface area contributed by atoms with Crippen molar-refractivity contribution < 1.29 is 23.9 Å². The van der Waals surface area contributed by atoms with Crippen LogP contribution in [-0.4, -0.2) is 58.9 Å². The van der Waals surface area contributed by atoms with Crippen molar-refractivity contribution in [3.05, 3.63) is 35.1 Å². The number of nitrogens with zero attached hydrogens (tertiary/aromatic N) is 2. The molecule has 0 aliphatic carbocycles. The Labute approximate surface area is 146 Å². The van der Waals surface area contributed by atoms with Crippen LogP contribution in [0, 0.1) is 11.7 Å². The van der Waals surface area contributed by atoms with Crippen LogP contribution in [0.1, 0.15) is 47.4 Å². The highest BCUT2D eigenvalue weighted by Crippen LogP contribution is 2.22. The van der Waals surface area contributed by atoms with Gasteiger partial charge in [-0.25, -0.2) is 9.18 Å². The number of rotatable bonds is 4. The molecule has 1 aliphatic rings. The first-order valence-electron chi connectivity index (χ1n) is 8.31. The normalized spacial score (nSPS) is 15.3. The average molecular weight is 350 g/mol. The number of benzene rings is 1. The molecule has 0 radical (unpaired) electrons. The molecule has 0 aromatic heterocycles. The van der Waals surface area contributed by atoms with E-state index in [1.165, 1.54) is 17.0 Å². The third-order valence-corrected chi connectivity index (χ3v) is 4.70. The lowest BCUT2D eigenvalue weighted by Gasteiger charge is -2.34. The zero-order valence-electron chi connectivity index (χ0n) is 14.7. The number of hydrogen-bond acceptors (Lipinski definition) is 3. The van der Waals surface area contributed by atoms with Gasteiger partial charge in [-0.3, -0.25) is 9.59 Å². The molecule has 0 saturated carbocycles. The molecule has 1 aromatic carbocycles. The fraction of sp³-hybridized carbons (Fsp3) is 0.500. The van der Waals surface area contributed by atoms with Crippen LogP contribution in [0.15, 0.2) is 18.2 Å². The third kappa shape index (κ3) is 4.15. The van der Waals surface area contributed by atoms with Gasteiger partial charge < -0.3 is 14.9 Å². The van der Waals surface area contributed by atoms with Crippen molar-refractivity contribution in [1.82, 2.24) is 9.80 Å². The number of piperidine rings is 1. The highest BCUT2D eigenvalue weighted by Gasteiger charge is 2.31. The summed E-state index contributed by atoms with van der Waals surface area (Å²) in [6, 6.07) is 3.38. The second kappa shape index (κ2) is 7.63. The van der Waals surface area contributed by atoms with Gasteiger partial charge in [-0.2, -0.15) is 0 Å². The van der Waals surface area contributed by atoms with E-state index < -0.39 is 17.7 Å². The van der Waals surface area contributed by atoms with Crippen LogP contribution in [0.25, 0.3) is 0 Å². The van der Waals surface area contributed by atoms with Gasteiger partial charge in [-0.1, -0.05) is 0 Å². The number of carboxylic acid groups (broad SMARTS) is 1. The molecule has 1 aliphatic heterocycles. The maximum absolute atomic E-state index is 14.0. The van der Waals surface area contributed by atoms with Crippen LogP contribution in [0.3, 0.4) is 0 Å². The van der Waals surface area contributed by atoms with Gasteiger partial charge in [-0.05, 0) is 44.9 Å². The summed E-state index contributed by atoms with van der Waals surface area (Å²) in [5.41, 5.74) is -0.343. The van der Waals surface area contributed by atoms with Crippen LogP contribution in [0.2, 0.25) is 0 Å². The summed E-state index contributed by atoms with van der Waals surface area (Å²) in [6.07, 6.45) is 1.08. The van der Waals surface area contributed by atoms with Gasteiger partial charge in [0.05, 0.1) is 11.1 Å². The minimum atomic E-state index is -1.24. The molecule has 7 heteroatoms. The van der Waals surface area contributed by atoms with E-state index in [1.54, 1.807) is 11.9 Å². The van der Waals surface area contributed by atoms with Crippen molar-refractivity contribution in [2.45, 2.75) is 32.7 Å². The number of carboxylic acids is 1. The Morgan fingerprint density at radius 1 is 1.24 bits per heavy atom. The molecule has 136 valence electrons. The number of carbonyl (C=O) groups excluding carboxylic acids is 2. The molecule has 6 nitrogen and oxygen atoms in total. The number of likely N-dealkylation sites (tertiary alicyclic amines) is 1. The van der Waals surface area contributed by atoms with Crippen LogP contribution in [-0.2, 0) is 4.79 Å². The quantitative estimate of drug-likeness (QED) is 0.903. The van der Waals surface area contributed by atoms with E-state index in [0.29, 0.717) is 25.9 Å². The van der Waals surface area contributed by atoms with Crippen LogP contribution in [0.5, 0.6) is 0 Å². The van der Waals surface area contributed by atoms with E-state index in [9.17, 15) is 18.8 Å². The summed E-state index contributed by atoms with van der Waals surface area (Å²) >= 11 is 0.